The molecule has 0 radical (unpaired) electrons. The van der Waals surface area contributed by atoms with Gasteiger partial charge in [-0.25, -0.2) is 4.79 Å². The monoisotopic (exact) mass is 372 g/mol. The molecule has 0 aliphatic heterocycles. The molecule has 23 heavy (non-hydrogen) atoms. The van der Waals surface area contributed by atoms with Gasteiger partial charge in [0.2, 0.25) is 0 Å². The molecule has 0 unspecified atom stereocenters. The minimum atomic E-state index is -0.171. The molecular weight excluding hydrogens is 356 g/mol. The highest BCUT2D eigenvalue weighted by molar-refractivity contribution is 9.10. The quantitative estimate of drug-likeness (QED) is 0.740. The first kappa shape index (κ1) is 15.6. The van der Waals surface area contributed by atoms with Crippen molar-refractivity contribution < 1.29 is 4.79 Å². The summed E-state index contributed by atoms with van der Waals surface area (Å²) in [6.07, 6.45) is 1.76. The van der Waals surface area contributed by atoms with Gasteiger partial charge in [0.15, 0.2) is 0 Å². The third-order valence-electron chi connectivity index (χ3n) is 3.74. The Morgan fingerprint density at radius 2 is 2.04 bits per heavy atom. The minimum absolute atomic E-state index is 0.171. The summed E-state index contributed by atoms with van der Waals surface area (Å²) in [7, 11) is 1.88. The predicted molar refractivity (Wildman–Crippen MR) is 96.9 cm³/mol. The smallest absolute Gasteiger partial charge is 0.307 e. The summed E-state index contributed by atoms with van der Waals surface area (Å²) in [6.45, 7) is 2.52. The Morgan fingerprint density at radius 1 is 1.26 bits per heavy atom. The van der Waals surface area contributed by atoms with Crippen molar-refractivity contribution in [1.82, 2.24) is 9.78 Å². The van der Waals surface area contributed by atoms with Gasteiger partial charge in [0.1, 0.15) is 0 Å². The summed E-state index contributed by atoms with van der Waals surface area (Å²) < 4.78 is 2.67. The lowest BCUT2D eigenvalue weighted by Gasteiger charge is -2.23. The number of anilines is 2. The molecule has 6 heteroatoms. The maximum Gasteiger partial charge on any atom is 0.326 e. The van der Waals surface area contributed by atoms with Gasteiger partial charge in [-0.1, -0.05) is 18.2 Å². The number of nitrogens with one attached hydrogen (secondary N) is 1. The fraction of sp³-hybridized carbons (Fsp3) is 0.176. The summed E-state index contributed by atoms with van der Waals surface area (Å²) >= 11 is 3.50. The van der Waals surface area contributed by atoms with Crippen LogP contribution >= 0.6 is 15.9 Å². The summed E-state index contributed by atoms with van der Waals surface area (Å²) in [5.74, 6) is 0. The van der Waals surface area contributed by atoms with Crippen molar-refractivity contribution in [2.45, 2.75) is 6.92 Å². The molecule has 0 spiro atoms. The molecule has 0 atom stereocenters. The lowest BCUT2D eigenvalue weighted by molar-refractivity contribution is 0.257. The number of benzene rings is 2. The van der Waals surface area contributed by atoms with Gasteiger partial charge in [-0.2, -0.15) is 5.10 Å². The minimum Gasteiger partial charge on any atom is -0.307 e. The normalized spacial score (nSPS) is 10.7. The third kappa shape index (κ3) is 2.94. The second kappa shape index (κ2) is 6.42. The maximum absolute atomic E-state index is 12.7. The van der Waals surface area contributed by atoms with Crippen LogP contribution in [0.4, 0.5) is 16.2 Å². The molecule has 1 N–H and O–H groups in total. The van der Waals surface area contributed by atoms with Crippen LogP contribution in [0.2, 0.25) is 0 Å². The van der Waals surface area contributed by atoms with Crippen molar-refractivity contribution in [2.75, 3.05) is 16.8 Å². The molecule has 1 heterocycles. The van der Waals surface area contributed by atoms with Gasteiger partial charge in [-0.15, -0.1) is 0 Å². The Hall–Kier alpha value is -2.34. The molecule has 0 saturated carbocycles. The summed E-state index contributed by atoms with van der Waals surface area (Å²) in [5, 5.41) is 8.16. The number of carbonyl (C=O) groups is 1. The van der Waals surface area contributed by atoms with Crippen LogP contribution < -0.4 is 10.2 Å². The molecule has 3 rings (SSSR count). The van der Waals surface area contributed by atoms with E-state index in [1.165, 1.54) is 0 Å². The van der Waals surface area contributed by atoms with E-state index in [1.807, 2.05) is 56.4 Å². The van der Waals surface area contributed by atoms with Crippen LogP contribution in [0.25, 0.3) is 10.9 Å². The summed E-state index contributed by atoms with van der Waals surface area (Å²) in [4.78, 5) is 14.4. The highest BCUT2D eigenvalue weighted by atomic mass is 79.9. The number of para-hydroxylation sites is 1. The lowest BCUT2D eigenvalue weighted by atomic mass is 10.2. The summed E-state index contributed by atoms with van der Waals surface area (Å²) in [6, 6.07) is 13.3. The molecule has 118 valence electrons. The van der Waals surface area contributed by atoms with E-state index in [2.05, 4.69) is 26.3 Å². The fourth-order valence-electron chi connectivity index (χ4n) is 2.56. The number of urea groups is 1. The Labute approximate surface area is 143 Å². The molecule has 0 aliphatic rings. The number of aromatic nitrogens is 2. The second-order valence-electron chi connectivity index (χ2n) is 5.13. The van der Waals surface area contributed by atoms with E-state index in [0.29, 0.717) is 6.54 Å². The molecule has 2 amide bonds. The van der Waals surface area contributed by atoms with Gasteiger partial charge in [-0.05, 0) is 47.1 Å². The molecule has 5 nitrogen and oxygen atoms in total. The molecule has 0 aliphatic carbocycles. The molecule has 1 aromatic heterocycles. The van der Waals surface area contributed by atoms with Crippen LogP contribution in [0.3, 0.4) is 0 Å². The fourth-order valence-corrected chi connectivity index (χ4v) is 3.06. The number of hydrogen-bond donors (Lipinski definition) is 1. The molecule has 0 fully saturated rings. The number of carbonyl (C=O) groups excluding carboxylic acids is 1. The highest BCUT2D eigenvalue weighted by Crippen LogP contribution is 2.27. The average Bonchev–Trinajstić information content (AvgIpc) is 2.93. The van der Waals surface area contributed by atoms with Gasteiger partial charge in [-0.3, -0.25) is 9.58 Å². The van der Waals surface area contributed by atoms with Crippen molar-refractivity contribution in [3.63, 3.8) is 0 Å². The van der Waals surface area contributed by atoms with Crippen LogP contribution in [-0.2, 0) is 7.05 Å². The standard InChI is InChI=1S/C17H17BrN4O/c1-3-22(16-9-5-4-7-13(16)18)17(23)20-14-8-6-10-15-12(14)11-19-21(15)2/h4-11H,3H2,1-2H3,(H,20,23). The van der Waals surface area contributed by atoms with Gasteiger partial charge in [0.25, 0.3) is 0 Å². The maximum atomic E-state index is 12.7. The average molecular weight is 373 g/mol. The first-order chi connectivity index (χ1) is 11.1. The van der Waals surface area contributed by atoms with Crippen molar-refractivity contribution >= 4 is 44.2 Å². The lowest BCUT2D eigenvalue weighted by Crippen LogP contribution is -2.35. The van der Waals surface area contributed by atoms with E-state index < -0.39 is 0 Å². The summed E-state index contributed by atoms with van der Waals surface area (Å²) in [5.41, 5.74) is 2.57. The number of nitrogens with zero attached hydrogens (tertiary/aromatic N) is 3. The van der Waals surface area contributed by atoms with Crippen LogP contribution in [-0.4, -0.2) is 22.4 Å². The largest absolute Gasteiger partial charge is 0.326 e. The molecule has 0 saturated heterocycles. The predicted octanol–water partition coefficient (Wildman–Crippen LogP) is 4.39. The van der Waals surface area contributed by atoms with E-state index in [-0.39, 0.29) is 6.03 Å². The van der Waals surface area contributed by atoms with Crippen LogP contribution in [0, 0.1) is 0 Å². The number of hydrogen-bond acceptors (Lipinski definition) is 2. The SMILES string of the molecule is CCN(C(=O)Nc1cccc2c1cnn2C)c1ccccc1Br. The van der Waals surface area contributed by atoms with Crippen molar-refractivity contribution in [1.29, 1.82) is 0 Å². The number of fused-ring (bicyclic) bond motifs is 1. The first-order valence-electron chi connectivity index (χ1n) is 7.35. The number of rotatable bonds is 3. The van der Waals surface area contributed by atoms with E-state index in [1.54, 1.807) is 15.8 Å². The van der Waals surface area contributed by atoms with E-state index in [0.717, 1.165) is 26.8 Å². The Balaban J connectivity index is 1.92. The number of amides is 2. The van der Waals surface area contributed by atoms with Crippen LogP contribution in [0.15, 0.2) is 53.1 Å². The van der Waals surface area contributed by atoms with E-state index in [4.69, 9.17) is 0 Å². The second-order valence-corrected chi connectivity index (χ2v) is 5.99. The van der Waals surface area contributed by atoms with Crippen LogP contribution in [0.1, 0.15) is 6.92 Å². The van der Waals surface area contributed by atoms with Crippen LogP contribution in [0.5, 0.6) is 0 Å². The zero-order chi connectivity index (χ0) is 16.4. The molecule has 3 aromatic rings. The van der Waals surface area contributed by atoms with Gasteiger partial charge in [0, 0.05) is 23.5 Å². The Kier molecular flexibility index (Phi) is 4.34. The third-order valence-corrected chi connectivity index (χ3v) is 4.41. The van der Waals surface area contributed by atoms with Crippen molar-refractivity contribution in [3.05, 3.63) is 53.1 Å². The number of halogens is 1. The first-order valence-corrected chi connectivity index (χ1v) is 8.15. The van der Waals surface area contributed by atoms with Crippen molar-refractivity contribution in [2.24, 2.45) is 7.05 Å². The molecule has 0 bridgehead atoms. The van der Waals surface area contributed by atoms with Crippen molar-refractivity contribution in [3.8, 4) is 0 Å². The zero-order valence-electron chi connectivity index (χ0n) is 13.0. The van der Waals surface area contributed by atoms with Gasteiger partial charge < -0.3 is 5.32 Å². The van der Waals surface area contributed by atoms with E-state index >= 15 is 0 Å². The van der Waals surface area contributed by atoms with E-state index in [9.17, 15) is 4.79 Å². The topological polar surface area (TPSA) is 50.2 Å². The van der Waals surface area contributed by atoms with Gasteiger partial charge >= 0.3 is 6.03 Å². The molecular formula is C17H17BrN4O. The zero-order valence-corrected chi connectivity index (χ0v) is 14.5. The number of aryl methyl sites for hydroxylation is 1. The highest BCUT2D eigenvalue weighted by Gasteiger charge is 2.17. The molecule has 2 aromatic carbocycles. The Bertz CT molecular complexity index is 859. The Morgan fingerprint density at radius 3 is 2.78 bits per heavy atom. The van der Waals surface area contributed by atoms with Gasteiger partial charge in [0.05, 0.1) is 23.1 Å².